The lowest BCUT2D eigenvalue weighted by Crippen LogP contribution is -2.25. The van der Waals surface area contributed by atoms with Crippen molar-refractivity contribution in [2.24, 2.45) is 0 Å². The van der Waals surface area contributed by atoms with Crippen LogP contribution in [0.4, 0.5) is 18.9 Å². The zero-order valence-electron chi connectivity index (χ0n) is 14.0. The average Bonchev–Trinajstić information content (AvgIpc) is 3.39. The van der Waals surface area contributed by atoms with E-state index in [4.69, 9.17) is 11.6 Å². The fourth-order valence-electron chi connectivity index (χ4n) is 2.31. The van der Waals surface area contributed by atoms with Gasteiger partial charge in [-0.25, -0.2) is 21.6 Å². The Hall–Kier alpha value is -1.82. The molecular weight excluding hydrogens is 441 g/mol. The van der Waals surface area contributed by atoms with E-state index in [1.165, 1.54) is 0 Å². The molecule has 1 fully saturated rings. The molecule has 1 aliphatic carbocycles. The van der Waals surface area contributed by atoms with Crippen LogP contribution in [0.15, 0.2) is 52.3 Å². The fraction of sp³-hybridized carbons (Fsp3) is 0.250. The van der Waals surface area contributed by atoms with E-state index in [1.807, 2.05) is 4.72 Å². The Morgan fingerprint density at radius 1 is 0.893 bits per heavy atom. The third kappa shape index (κ3) is 4.77. The molecule has 2 aromatic carbocycles. The van der Waals surface area contributed by atoms with Crippen LogP contribution in [0.2, 0.25) is 5.02 Å². The van der Waals surface area contributed by atoms with Crippen molar-refractivity contribution >= 4 is 37.3 Å². The number of rotatable bonds is 6. The van der Waals surface area contributed by atoms with Gasteiger partial charge in [0.15, 0.2) is 0 Å². The summed E-state index contributed by atoms with van der Waals surface area (Å²) in [5.41, 5.74) is -1.51. The number of anilines is 1. The van der Waals surface area contributed by atoms with Crippen LogP contribution in [-0.2, 0) is 26.2 Å². The molecule has 6 nitrogen and oxygen atoms in total. The Balaban J connectivity index is 1.83. The van der Waals surface area contributed by atoms with E-state index in [0.717, 1.165) is 49.2 Å². The zero-order chi connectivity index (χ0) is 20.7. The summed E-state index contributed by atoms with van der Waals surface area (Å²) in [6.07, 6.45) is -3.25. The lowest BCUT2D eigenvalue weighted by atomic mass is 10.2. The molecule has 0 heterocycles. The van der Waals surface area contributed by atoms with Crippen molar-refractivity contribution in [2.45, 2.75) is 34.9 Å². The van der Waals surface area contributed by atoms with Crippen LogP contribution in [0.3, 0.4) is 0 Å². The van der Waals surface area contributed by atoms with E-state index in [9.17, 15) is 30.0 Å². The maximum atomic E-state index is 12.9. The molecule has 0 radical (unpaired) electrons. The molecule has 0 aromatic heterocycles. The number of benzene rings is 2. The number of nitrogens with one attached hydrogen (secondary N) is 2. The van der Waals surface area contributed by atoms with Crippen LogP contribution in [-0.4, -0.2) is 22.9 Å². The van der Waals surface area contributed by atoms with Crippen LogP contribution in [0.5, 0.6) is 0 Å². The van der Waals surface area contributed by atoms with E-state index >= 15 is 0 Å². The normalized spacial score (nSPS) is 15.4. The van der Waals surface area contributed by atoms with E-state index in [-0.39, 0.29) is 21.5 Å². The Bertz CT molecular complexity index is 1100. The second-order valence-corrected chi connectivity index (χ2v) is 9.97. The average molecular weight is 455 g/mol. The summed E-state index contributed by atoms with van der Waals surface area (Å²) >= 11 is 5.51. The second-order valence-electron chi connectivity index (χ2n) is 6.16. The van der Waals surface area contributed by atoms with Crippen LogP contribution in [0, 0.1) is 0 Å². The second kappa shape index (κ2) is 7.21. The predicted molar refractivity (Wildman–Crippen MR) is 97.0 cm³/mol. The van der Waals surface area contributed by atoms with Gasteiger partial charge < -0.3 is 0 Å². The topological polar surface area (TPSA) is 92.3 Å². The molecule has 0 unspecified atom stereocenters. The highest BCUT2D eigenvalue weighted by molar-refractivity contribution is 7.92. The largest absolute Gasteiger partial charge is 0.417 e. The minimum atomic E-state index is -4.75. The minimum Gasteiger partial charge on any atom is -0.280 e. The quantitative estimate of drug-likeness (QED) is 0.697. The number of hydrogen-bond donors (Lipinski definition) is 2. The van der Waals surface area contributed by atoms with Gasteiger partial charge in [-0.3, -0.25) is 4.72 Å². The molecule has 12 heteroatoms. The number of halogens is 4. The van der Waals surface area contributed by atoms with Gasteiger partial charge in [0.05, 0.1) is 20.4 Å². The van der Waals surface area contributed by atoms with Gasteiger partial charge in [0.2, 0.25) is 10.0 Å². The summed E-state index contributed by atoms with van der Waals surface area (Å²) in [4.78, 5) is -0.411. The lowest BCUT2D eigenvalue weighted by molar-refractivity contribution is -0.137. The van der Waals surface area contributed by atoms with Crippen LogP contribution >= 0.6 is 11.6 Å². The van der Waals surface area contributed by atoms with Gasteiger partial charge in [0.1, 0.15) is 0 Å². The summed E-state index contributed by atoms with van der Waals surface area (Å²) in [7, 11) is -7.99. The molecule has 2 aromatic rings. The monoisotopic (exact) mass is 454 g/mol. The first-order valence-corrected chi connectivity index (χ1v) is 11.2. The molecule has 28 heavy (non-hydrogen) atoms. The summed E-state index contributed by atoms with van der Waals surface area (Å²) in [5, 5.41) is -0.562. The van der Waals surface area contributed by atoms with Gasteiger partial charge in [0.25, 0.3) is 10.0 Å². The molecule has 0 amide bonds. The van der Waals surface area contributed by atoms with E-state index < -0.39 is 36.8 Å². The first kappa shape index (κ1) is 20.9. The molecule has 0 atom stereocenters. The third-order valence-electron chi connectivity index (χ3n) is 3.87. The molecular formula is C16H14ClF3N2O4S2. The Morgan fingerprint density at radius 3 is 1.93 bits per heavy atom. The van der Waals surface area contributed by atoms with E-state index in [1.54, 1.807) is 0 Å². The number of hydrogen-bond acceptors (Lipinski definition) is 4. The first-order chi connectivity index (χ1) is 12.9. The molecule has 1 aliphatic rings. The summed E-state index contributed by atoms with van der Waals surface area (Å²) in [6, 6.07) is 6.84. The van der Waals surface area contributed by atoms with Crippen molar-refractivity contribution in [3.05, 3.63) is 53.1 Å². The first-order valence-electron chi connectivity index (χ1n) is 7.90. The highest BCUT2D eigenvalue weighted by Crippen LogP contribution is 2.36. The van der Waals surface area contributed by atoms with Gasteiger partial charge in [-0.15, -0.1) is 0 Å². The predicted octanol–water partition coefficient (Wildman–Crippen LogP) is 3.60. The molecule has 2 N–H and O–H groups in total. The van der Waals surface area contributed by atoms with Crippen molar-refractivity contribution in [1.29, 1.82) is 0 Å². The molecule has 0 aliphatic heterocycles. The summed E-state index contributed by atoms with van der Waals surface area (Å²) in [5.74, 6) is 0. The van der Waals surface area contributed by atoms with Crippen molar-refractivity contribution in [1.82, 2.24) is 4.72 Å². The van der Waals surface area contributed by atoms with Crippen LogP contribution in [0.25, 0.3) is 0 Å². The van der Waals surface area contributed by atoms with E-state index in [2.05, 4.69) is 4.72 Å². The Morgan fingerprint density at radius 2 is 1.43 bits per heavy atom. The van der Waals surface area contributed by atoms with Crippen molar-refractivity contribution in [2.75, 3.05) is 4.72 Å². The highest BCUT2D eigenvalue weighted by Gasteiger charge is 2.34. The fourth-order valence-corrected chi connectivity index (χ4v) is 4.89. The molecule has 152 valence electrons. The van der Waals surface area contributed by atoms with Gasteiger partial charge >= 0.3 is 6.18 Å². The molecule has 1 saturated carbocycles. The van der Waals surface area contributed by atoms with Crippen molar-refractivity contribution < 1.29 is 30.0 Å². The Kier molecular flexibility index (Phi) is 5.38. The molecule has 0 spiro atoms. The van der Waals surface area contributed by atoms with Gasteiger partial charge in [-0.05, 0) is 55.3 Å². The smallest absolute Gasteiger partial charge is 0.280 e. The summed E-state index contributed by atoms with van der Waals surface area (Å²) in [6.45, 7) is 0. The standard InChI is InChI=1S/C16H14ClF3N2O4S2/c17-15-8-3-11(9-14(15)16(18,19)20)22-28(25,26)13-6-4-12(5-7-13)27(23,24)21-10-1-2-10/h3-10,21-22H,1-2H2. The van der Waals surface area contributed by atoms with Gasteiger partial charge in [0, 0.05) is 11.7 Å². The van der Waals surface area contributed by atoms with Crippen LogP contribution < -0.4 is 9.44 Å². The molecule has 0 bridgehead atoms. The van der Waals surface area contributed by atoms with Gasteiger partial charge in [-0.2, -0.15) is 13.2 Å². The number of sulfonamides is 2. The molecule has 3 rings (SSSR count). The van der Waals surface area contributed by atoms with Gasteiger partial charge in [-0.1, -0.05) is 11.6 Å². The van der Waals surface area contributed by atoms with Crippen molar-refractivity contribution in [3.8, 4) is 0 Å². The van der Waals surface area contributed by atoms with Crippen molar-refractivity contribution in [3.63, 3.8) is 0 Å². The van der Waals surface area contributed by atoms with E-state index in [0.29, 0.717) is 6.07 Å². The third-order valence-corrected chi connectivity index (χ3v) is 7.13. The highest BCUT2D eigenvalue weighted by atomic mass is 35.5. The minimum absolute atomic E-state index is 0.107. The van der Waals surface area contributed by atoms with Crippen LogP contribution in [0.1, 0.15) is 18.4 Å². The Labute approximate surface area is 164 Å². The zero-order valence-corrected chi connectivity index (χ0v) is 16.4. The maximum absolute atomic E-state index is 12.9. The molecule has 0 saturated heterocycles. The lowest BCUT2D eigenvalue weighted by Gasteiger charge is -2.13. The number of alkyl halides is 3. The SMILES string of the molecule is O=S(=O)(Nc1ccc(Cl)c(C(F)(F)F)c1)c1ccc(S(=O)(=O)NC2CC2)cc1. The maximum Gasteiger partial charge on any atom is 0.417 e. The summed E-state index contributed by atoms with van der Waals surface area (Å²) < 4.78 is 92.2.